The lowest BCUT2D eigenvalue weighted by Crippen LogP contribution is -2.38. The zero-order valence-corrected chi connectivity index (χ0v) is 11.7. The summed E-state index contributed by atoms with van der Waals surface area (Å²) in [5.41, 5.74) is 7.09. The van der Waals surface area contributed by atoms with Gasteiger partial charge in [0, 0.05) is 30.9 Å². The second kappa shape index (κ2) is 5.34. The van der Waals surface area contributed by atoms with E-state index in [1.807, 2.05) is 6.07 Å². The Bertz CT molecular complexity index is 610. The van der Waals surface area contributed by atoms with Crippen LogP contribution in [0.15, 0.2) is 18.2 Å². The summed E-state index contributed by atoms with van der Waals surface area (Å²) in [7, 11) is 0. The molecule has 1 heterocycles. The average Bonchev–Trinajstić information content (AvgIpc) is 2.92. The van der Waals surface area contributed by atoms with Gasteiger partial charge < -0.3 is 10.6 Å². The van der Waals surface area contributed by atoms with Crippen molar-refractivity contribution in [3.8, 4) is 6.07 Å². The van der Waals surface area contributed by atoms with Gasteiger partial charge in [0.15, 0.2) is 0 Å². The normalized spacial score (nSPS) is 28.0. The molecule has 1 saturated heterocycles. The monoisotopic (exact) mass is 286 g/mol. The summed E-state index contributed by atoms with van der Waals surface area (Å²) in [5, 5.41) is 20.0. The molecule has 2 N–H and O–H groups in total. The number of benzene rings is 1. The Morgan fingerprint density at radius 1 is 1.38 bits per heavy atom. The zero-order valence-electron chi connectivity index (χ0n) is 11.7. The summed E-state index contributed by atoms with van der Waals surface area (Å²) < 4.78 is 0. The molecule has 1 aliphatic heterocycles. The van der Waals surface area contributed by atoms with Gasteiger partial charge in [-0.2, -0.15) is 5.26 Å². The summed E-state index contributed by atoms with van der Waals surface area (Å²) in [4.78, 5) is 12.6. The number of nitro groups is 1. The Morgan fingerprint density at radius 2 is 2.19 bits per heavy atom. The summed E-state index contributed by atoms with van der Waals surface area (Å²) in [6.07, 6.45) is 3.46. The largest absolute Gasteiger partial charge is 0.371 e. The van der Waals surface area contributed by atoms with Crippen molar-refractivity contribution in [2.24, 2.45) is 17.6 Å². The maximum Gasteiger partial charge on any atom is 0.287 e. The van der Waals surface area contributed by atoms with E-state index in [1.54, 1.807) is 12.1 Å². The summed E-state index contributed by atoms with van der Waals surface area (Å²) in [6, 6.07) is 6.96. The van der Waals surface area contributed by atoms with Crippen molar-refractivity contribution in [1.82, 2.24) is 0 Å². The molecule has 110 valence electrons. The quantitative estimate of drug-likeness (QED) is 0.662. The molecule has 1 aromatic carbocycles. The molecular weight excluding hydrogens is 268 g/mol. The smallest absolute Gasteiger partial charge is 0.287 e. The molecule has 21 heavy (non-hydrogen) atoms. The summed E-state index contributed by atoms with van der Waals surface area (Å²) in [5.74, 6) is 1.11. The molecule has 2 aliphatic rings. The van der Waals surface area contributed by atoms with E-state index in [-0.39, 0.29) is 17.3 Å². The molecule has 1 saturated carbocycles. The number of nitrogens with two attached hydrogens (primary N) is 1. The Labute approximate surface area is 123 Å². The van der Waals surface area contributed by atoms with Crippen LogP contribution in [0, 0.1) is 33.3 Å². The van der Waals surface area contributed by atoms with Gasteiger partial charge in [-0.25, -0.2) is 0 Å². The first-order chi connectivity index (χ1) is 10.1. The molecule has 3 atom stereocenters. The molecule has 0 bridgehead atoms. The van der Waals surface area contributed by atoms with Crippen LogP contribution in [0.5, 0.6) is 0 Å². The van der Waals surface area contributed by atoms with Crippen molar-refractivity contribution in [3.05, 3.63) is 33.9 Å². The van der Waals surface area contributed by atoms with E-state index in [4.69, 9.17) is 11.0 Å². The number of nitro benzene ring substituents is 1. The second-order valence-corrected chi connectivity index (χ2v) is 5.99. The van der Waals surface area contributed by atoms with E-state index in [1.165, 1.54) is 18.9 Å². The Balaban J connectivity index is 1.85. The second-order valence-electron chi connectivity index (χ2n) is 5.99. The molecule has 0 radical (unpaired) electrons. The fourth-order valence-corrected chi connectivity index (χ4v) is 3.70. The third-order valence-corrected chi connectivity index (χ3v) is 4.82. The van der Waals surface area contributed by atoms with Crippen LogP contribution in [0.25, 0.3) is 0 Å². The van der Waals surface area contributed by atoms with Gasteiger partial charge in [-0.1, -0.05) is 6.42 Å². The number of fused-ring (bicyclic) bond motifs is 1. The fourth-order valence-electron chi connectivity index (χ4n) is 3.70. The predicted molar refractivity (Wildman–Crippen MR) is 78.8 cm³/mol. The fraction of sp³-hybridized carbons (Fsp3) is 0.533. The van der Waals surface area contributed by atoms with Crippen LogP contribution < -0.4 is 10.6 Å². The molecule has 1 aliphatic carbocycles. The molecule has 0 amide bonds. The Kier molecular flexibility index (Phi) is 3.52. The van der Waals surface area contributed by atoms with E-state index >= 15 is 0 Å². The topological polar surface area (TPSA) is 96.2 Å². The number of hydrogen-bond donors (Lipinski definition) is 1. The summed E-state index contributed by atoms with van der Waals surface area (Å²) >= 11 is 0. The van der Waals surface area contributed by atoms with Crippen LogP contribution in [-0.4, -0.2) is 24.1 Å². The lowest BCUT2D eigenvalue weighted by atomic mass is 9.78. The molecule has 0 spiro atoms. The first-order valence-corrected chi connectivity index (χ1v) is 7.29. The molecular formula is C15H18N4O2. The SMILES string of the molecule is N#Cc1cc(N2CC3CCCC(N)C3C2)ccc1[N+](=O)[O-]. The van der Waals surface area contributed by atoms with E-state index in [0.717, 1.165) is 25.2 Å². The van der Waals surface area contributed by atoms with E-state index in [9.17, 15) is 10.1 Å². The highest BCUT2D eigenvalue weighted by Crippen LogP contribution is 2.38. The maximum atomic E-state index is 10.9. The van der Waals surface area contributed by atoms with Gasteiger partial charge in [0.1, 0.15) is 11.6 Å². The molecule has 1 aromatic rings. The van der Waals surface area contributed by atoms with Crippen LogP contribution in [0.3, 0.4) is 0 Å². The molecule has 2 fully saturated rings. The predicted octanol–water partition coefficient (Wildman–Crippen LogP) is 2.03. The van der Waals surface area contributed by atoms with Crippen LogP contribution in [0.1, 0.15) is 24.8 Å². The van der Waals surface area contributed by atoms with Gasteiger partial charge in [0.05, 0.1) is 4.92 Å². The molecule has 6 heteroatoms. The molecule has 6 nitrogen and oxygen atoms in total. The molecule has 0 aromatic heterocycles. The van der Waals surface area contributed by atoms with Gasteiger partial charge >= 0.3 is 0 Å². The van der Waals surface area contributed by atoms with Crippen molar-refractivity contribution < 1.29 is 4.92 Å². The number of hydrogen-bond acceptors (Lipinski definition) is 5. The van der Waals surface area contributed by atoms with Gasteiger partial charge in [-0.15, -0.1) is 0 Å². The van der Waals surface area contributed by atoms with Crippen LogP contribution >= 0.6 is 0 Å². The maximum absolute atomic E-state index is 10.9. The highest BCUT2D eigenvalue weighted by atomic mass is 16.6. The number of rotatable bonds is 2. The highest BCUT2D eigenvalue weighted by Gasteiger charge is 2.38. The third kappa shape index (κ3) is 2.45. The number of nitriles is 1. The summed E-state index contributed by atoms with van der Waals surface area (Å²) in [6.45, 7) is 1.82. The minimum atomic E-state index is -0.512. The van der Waals surface area contributed by atoms with Gasteiger partial charge in [-0.3, -0.25) is 10.1 Å². The van der Waals surface area contributed by atoms with E-state index in [2.05, 4.69) is 4.90 Å². The molecule has 3 rings (SSSR count). The van der Waals surface area contributed by atoms with Crippen LogP contribution in [0.4, 0.5) is 11.4 Å². The number of anilines is 1. The highest BCUT2D eigenvalue weighted by molar-refractivity contribution is 5.60. The lowest BCUT2D eigenvalue weighted by molar-refractivity contribution is -0.385. The Hall–Kier alpha value is -2.13. The standard InChI is InChI=1S/C15H18N4O2/c16-7-11-6-12(4-5-15(11)19(20)21)18-8-10-2-1-3-14(17)13(10)9-18/h4-6,10,13-14H,1-3,8-9,17H2. The van der Waals surface area contributed by atoms with Crippen molar-refractivity contribution in [1.29, 1.82) is 5.26 Å². The number of nitrogens with zero attached hydrogens (tertiary/aromatic N) is 3. The van der Waals surface area contributed by atoms with Crippen molar-refractivity contribution in [2.45, 2.75) is 25.3 Å². The van der Waals surface area contributed by atoms with Crippen LogP contribution in [-0.2, 0) is 0 Å². The van der Waals surface area contributed by atoms with E-state index < -0.39 is 4.92 Å². The average molecular weight is 286 g/mol. The van der Waals surface area contributed by atoms with Gasteiger partial charge in [0.25, 0.3) is 5.69 Å². The van der Waals surface area contributed by atoms with Crippen LogP contribution in [0.2, 0.25) is 0 Å². The van der Waals surface area contributed by atoms with E-state index in [0.29, 0.717) is 11.8 Å². The third-order valence-electron chi connectivity index (χ3n) is 4.82. The lowest BCUT2D eigenvalue weighted by Gasteiger charge is -2.29. The first kappa shape index (κ1) is 13.8. The Morgan fingerprint density at radius 3 is 2.86 bits per heavy atom. The minimum Gasteiger partial charge on any atom is -0.371 e. The van der Waals surface area contributed by atoms with Crippen molar-refractivity contribution >= 4 is 11.4 Å². The molecule has 3 unspecified atom stereocenters. The van der Waals surface area contributed by atoms with Gasteiger partial charge in [-0.05, 0) is 36.8 Å². The van der Waals surface area contributed by atoms with Gasteiger partial charge in [0.2, 0.25) is 0 Å². The van der Waals surface area contributed by atoms with Crippen molar-refractivity contribution in [3.63, 3.8) is 0 Å². The zero-order chi connectivity index (χ0) is 15.0. The van der Waals surface area contributed by atoms with Crippen molar-refractivity contribution in [2.75, 3.05) is 18.0 Å². The minimum absolute atomic E-state index is 0.122. The first-order valence-electron chi connectivity index (χ1n) is 7.29.